The molecule has 146 valence electrons. The number of hydrogen-bond acceptors (Lipinski definition) is 3. The number of nitrogens with zero attached hydrogens (tertiary/aromatic N) is 1. The molecule has 1 heterocycles. The van der Waals surface area contributed by atoms with E-state index in [0.717, 1.165) is 30.3 Å². The Morgan fingerprint density at radius 1 is 0.964 bits per heavy atom. The second-order valence-electron chi connectivity index (χ2n) is 8.31. The fourth-order valence-electron chi connectivity index (χ4n) is 5.23. The van der Waals surface area contributed by atoms with E-state index >= 15 is 0 Å². The number of hydroxylamine groups is 2. The van der Waals surface area contributed by atoms with Crippen LogP contribution in [0.4, 0.5) is 0 Å². The Morgan fingerprint density at radius 3 is 2.39 bits per heavy atom. The largest absolute Gasteiger partial charge is 0.409 e. The van der Waals surface area contributed by atoms with Crippen LogP contribution in [0.25, 0.3) is 0 Å². The van der Waals surface area contributed by atoms with Gasteiger partial charge in [-0.3, -0.25) is 0 Å². The van der Waals surface area contributed by atoms with E-state index in [1.54, 1.807) is 0 Å². The molecule has 2 aromatic rings. The van der Waals surface area contributed by atoms with Crippen molar-refractivity contribution in [2.75, 3.05) is 6.61 Å². The molecule has 2 aromatic carbocycles. The summed E-state index contributed by atoms with van der Waals surface area (Å²) < 4.78 is 1.10. The number of halogens is 1. The van der Waals surface area contributed by atoms with Crippen LogP contribution in [-0.2, 0) is 11.4 Å². The minimum Gasteiger partial charge on any atom is -0.409 e. The molecular formula is C24H26BrNO2. The van der Waals surface area contributed by atoms with Gasteiger partial charge in [0.25, 0.3) is 0 Å². The van der Waals surface area contributed by atoms with Crippen LogP contribution in [0, 0.1) is 17.8 Å². The summed E-state index contributed by atoms with van der Waals surface area (Å²) >= 11 is 3.56. The number of benzene rings is 2. The van der Waals surface area contributed by atoms with E-state index in [2.05, 4.69) is 75.6 Å². The zero-order valence-electron chi connectivity index (χ0n) is 15.9. The summed E-state index contributed by atoms with van der Waals surface area (Å²) in [6.07, 6.45) is 4.37. The van der Waals surface area contributed by atoms with Crippen molar-refractivity contribution in [1.82, 2.24) is 5.06 Å². The van der Waals surface area contributed by atoms with E-state index < -0.39 is 0 Å². The molecule has 3 aliphatic rings. The van der Waals surface area contributed by atoms with Gasteiger partial charge >= 0.3 is 0 Å². The molecule has 2 aliphatic carbocycles. The highest BCUT2D eigenvalue weighted by Crippen LogP contribution is 2.56. The average molecular weight is 440 g/mol. The van der Waals surface area contributed by atoms with Crippen molar-refractivity contribution in [3.8, 4) is 0 Å². The Balaban J connectivity index is 1.44. The average Bonchev–Trinajstić information content (AvgIpc) is 3.27. The lowest BCUT2D eigenvalue weighted by Gasteiger charge is -2.25. The van der Waals surface area contributed by atoms with Gasteiger partial charge in [-0.15, -0.1) is 5.06 Å². The van der Waals surface area contributed by atoms with Crippen LogP contribution < -0.4 is 0 Å². The molecule has 3 nitrogen and oxygen atoms in total. The summed E-state index contributed by atoms with van der Waals surface area (Å²) in [6.45, 7) is 1.12. The third-order valence-electron chi connectivity index (χ3n) is 6.74. The van der Waals surface area contributed by atoms with Gasteiger partial charge in [-0.1, -0.05) is 58.4 Å². The summed E-state index contributed by atoms with van der Waals surface area (Å²) in [7, 11) is 0. The number of aliphatic hydroxyl groups is 1. The first-order valence-corrected chi connectivity index (χ1v) is 11.1. The Labute approximate surface area is 175 Å². The minimum absolute atomic E-state index is 0.172. The van der Waals surface area contributed by atoms with Crippen LogP contribution in [-0.4, -0.2) is 16.8 Å². The second kappa shape index (κ2) is 7.66. The van der Waals surface area contributed by atoms with E-state index in [0.29, 0.717) is 24.4 Å². The van der Waals surface area contributed by atoms with Gasteiger partial charge in [0.15, 0.2) is 0 Å². The maximum absolute atomic E-state index is 9.63. The molecule has 28 heavy (non-hydrogen) atoms. The second-order valence-corrected chi connectivity index (χ2v) is 9.22. The van der Waals surface area contributed by atoms with Crippen molar-refractivity contribution in [3.63, 3.8) is 0 Å². The van der Waals surface area contributed by atoms with Crippen LogP contribution in [0.5, 0.6) is 0 Å². The van der Waals surface area contributed by atoms with Crippen molar-refractivity contribution < 1.29 is 9.94 Å². The molecule has 4 heteroatoms. The Morgan fingerprint density at radius 2 is 1.68 bits per heavy atom. The first-order chi connectivity index (χ1) is 13.7. The van der Waals surface area contributed by atoms with E-state index in [-0.39, 0.29) is 6.04 Å². The quantitative estimate of drug-likeness (QED) is 0.670. The van der Waals surface area contributed by atoms with Gasteiger partial charge in [0.2, 0.25) is 0 Å². The fraction of sp³-hybridized carbons (Fsp3) is 0.417. The molecule has 1 fully saturated rings. The van der Waals surface area contributed by atoms with Gasteiger partial charge in [0, 0.05) is 17.5 Å². The van der Waals surface area contributed by atoms with Gasteiger partial charge in [-0.2, -0.15) is 0 Å². The highest BCUT2D eigenvalue weighted by atomic mass is 79.9. The molecule has 4 unspecified atom stereocenters. The Hall–Kier alpha value is -1.62. The smallest absolute Gasteiger partial charge is 0.125 e. The van der Waals surface area contributed by atoms with Gasteiger partial charge < -0.3 is 9.94 Å². The predicted molar refractivity (Wildman–Crippen MR) is 113 cm³/mol. The minimum atomic E-state index is 0.172. The van der Waals surface area contributed by atoms with Gasteiger partial charge in [0.1, 0.15) is 5.76 Å². The van der Waals surface area contributed by atoms with Crippen molar-refractivity contribution in [2.24, 2.45) is 17.8 Å². The highest BCUT2D eigenvalue weighted by molar-refractivity contribution is 9.10. The molecular weight excluding hydrogens is 414 g/mol. The summed E-state index contributed by atoms with van der Waals surface area (Å²) in [5, 5.41) is 11.8. The van der Waals surface area contributed by atoms with Crippen LogP contribution in [0.15, 0.2) is 70.4 Å². The number of rotatable bonds is 4. The highest BCUT2D eigenvalue weighted by Gasteiger charge is 2.50. The van der Waals surface area contributed by atoms with Crippen molar-refractivity contribution in [1.29, 1.82) is 0 Å². The molecule has 0 saturated heterocycles. The first-order valence-electron chi connectivity index (χ1n) is 10.3. The number of fused-ring (bicyclic) bond motifs is 1. The molecule has 0 radical (unpaired) electrons. The predicted octanol–water partition coefficient (Wildman–Crippen LogP) is 5.62. The van der Waals surface area contributed by atoms with Crippen molar-refractivity contribution in [3.05, 3.63) is 81.5 Å². The SMILES string of the molecule is OCC1C2CCC3=C(CCC12)C(c1ccc(Br)cc1)N(Cc1ccccc1)O3. The molecule has 0 bridgehead atoms. The standard InChI is InChI=1S/C24H26BrNO2/c25-18-8-6-17(7-9-18)24-21-11-10-19-20(22(19)15-27)12-13-23(21)28-26(24)14-16-4-2-1-3-5-16/h1-9,19-20,22,24,27H,10-15H2. The van der Waals surface area contributed by atoms with E-state index in [1.807, 2.05) is 0 Å². The van der Waals surface area contributed by atoms with Gasteiger partial charge in [-0.05, 0) is 65.8 Å². The number of allylic oxidation sites excluding steroid dienone is 1. The molecule has 1 aliphatic heterocycles. The molecule has 0 spiro atoms. The fourth-order valence-corrected chi connectivity index (χ4v) is 5.50. The maximum Gasteiger partial charge on any atom is 0.125 e. The zero-order valence-corrected chi connectivity index (χ0v) is 17.5. The van der Waals surface area contributed by atoms with Gasteiger partial charge in [0.05, 0.1) is 12.6 Å². The van der Waals surface area contributed by atoms with E-state index in [4.69, 9.17) is 4.84 Å². The summed E-state index contributed by atoms with van der Waals surface area (Å²) in [6, 6.07) is 19.4. The van der Waals surface area contributed by atoms with Crippen LogP contribution >= 0.6 is 15.9 Å². The molecule has 5 rings (SSSR count). The van der Waals surface area contributed by atoms with E-state index in [1.165, 1.54) is 28.9 Å². The third kappa shape index (κ3) is 3.42. The molecule has 1 N–H and O–H groups in total. The third-order valence-corrected chi connectivity index (χ3v) is 7.27. The summed E-state index contributed by atoms with van der Waals surface area (Å²) in [5.74, 6) is 3.09. The lowest BCUT2D eigenvalue weighted by molar-refractivity contribution is -0.130. The monoisotopic (exact) mass is 439 g/mol. The lowest BCUT2D eigenvalue weighted by Crippen LogP contribution is -2.24. The Bertz CT molecular complexity index is 864. The molecule has 0 aromatic heterocycles. The van der Waals surface area contributed by atoms with Crippen LogP contribution in [0.2, 0.25) is 0 Å². The zero-order chi connectivity index (χ0) is 19.1. The lowest BCUT2D eigenvalue weighted by atomic mass is 9.90. The van der Waals surface area contributed by atoms with Crippen molar-refractivity contribution >= 4 is 15.9 Å². The van der Waals surface area contributed by atoms with Crippen molar-refractivity contribution in [2.45, 2.75) is 38.3 Å². The number of aliphatic hydroxyl groups excluding tert-OH is 1. The topological polar surface area (TPSA) is 32.7 Å². The summed E-state index contributed by atoms with van der Waals surface area (Å²) in [4.78, 5) is 6.48. The van der Waals surface area contributed by atoms with Crippen LogP contribution in [0.3, 0.4) is 0 Å². The molecule has 1 saturated carbocycles. The Kier molecular flexibility index (Phi) is 5.04. The van der Waals surface area contributed by atoms with Gasteiger partial charge in [-0.25, -0.2) is 0 Å². The normalized spacial score (nSPS) is 29.5. The number of hydrogen-bond donors (Lipinski definition) is 1. The molecule has 4 atom stereocenters. The maximum atomic E-state index is 9.63. The van der Waals surface area contributed by atoms with E-state index in [9.17, 15) is 5.11 Å². The van der Waals surface area contributed by atoms with Crippen LogP contribution in [0.1, 0.15) is 42.9 Å². The summed E-state index contributed by atoms with van der Waals surface area (Å²) in [5.41, 5.74) is 4.00. The first kappa shape index (κ1) is 18.4. The molecule has 0 amide bonds.